The van der Waals surface area contributed by atoms with Crippen molar-refractivity contribution in [3.05, 3.63) is 68.5 Å². The molecule has 1 atom stereocenters. The maximum atomic E-state index is 12.4. The number of carbonyl (C=O) groups excluding carboxylic acids is 1. The molecule has 0 saturated carbocycles. The number of halogens is 1. The predicted octanol–water partition coefficient (Wildman–Crippen LogP) is 5.09. The van der Waals surface area contributed by atoms with Gasteiger partial charge in [0.1, 0.15) is 5.75 Å². The number of aromatic nitrogens is 1. The summed E-state index contributed by atoms with van der Waals surface area (Å²) in [4.78, 5) is 27.0. The van der Waals surface area contributed by atoms with Crippen molar-refractivity contribution >= 4 is 39.7 Å². The highest BCUT2D eigenvalue weighted by Crippen LogP contribution is 2.27. The lowest BCUT2D eigenvalue weighted by Crippen LogP contribution is -2.30. The number of hydrogen-bond acceptors (Lipinski definition) is 6. The van der Waals surface area contributed by atoms with Crippen molar-refractivity contribution in [2.45, 2.75) is 20.0 Å². The Hall–Kier alpha value is -2.97. The van der Waals surface area contributed by atoms with Crippen molar-refractivity contribution < 1.29 is 14.5 Å². The number of amides is 1. The number of nitro groups is 1. The van der Waals surface area contributed by atoms with Gasteiger partial charge in [-0.3, -0.25) is 20.2 Å². The fourth-order valence-electron chi connectivity index (χ4n) is 2.41. The molecule has 144 valence electrons. The molecule has 9 heteroatoms. The smallest absolute Gasteiger partial charge is 0.269 e. The Kier molecular flexibility index (Phi) is 5.91. The van der Waals surface area contributed by atoms with Gasteiger partial charge in [0.15, 0.2) is 11.2 Å². The number of hydrogen-bond donors (Lipinski definition) is 1. The molecule has 0 spiro atoms. The van der Waals surface area contributed by atoms with Gasteiger partial charge in [-0.2, -0.15) is 0 Å². The Labute approximate surface area is 170 Å². The number of aryl methyl sites for hydroxylation is 1. The molecule has 28 heavy (non-hydrogen) atoms. The third kappa shape index (κ3) is 4.65. The van der Waals surface area contributed by atoms with Crippen molar-refractivity contribution in [1.29, 1.82) is 0 Å². The summed E-state index contributed by atoms with van der Waals surface area (Å²) in [5.74, 6) is 0.247. The van der Waals surface area contributed by atoms with Gasteiger partial charge in [-0.15, -0.1) is 11.3 Å². The molecule has 0 unspecified atom stereocenters. The van der Waals surface area contributed by atoms with Gasteiger partial charge < -0.3 is 4.74 Å². The first-order valence-corrected chi connectivity index (χ1v) is 9.53. The Morgan fingerprint density at radius 2 is 2.00 bits per heavy atom. The average molecular weight is 418 g/mol. The number of rotatable bonds is 6. The predicted molar refractivity (Wildman–Crippen MR) is 109 cm³/mol. The maximum absolute atomic E-state index is 12.4. The highest BCUT2D eigenvalue weighted by atomic mass is 35.5. The minimum absolute atomic E-state index is 0.0102. The molecule has 1 N–H and O–H groups in total. The Morgan fingerprint density at radius 1 is 1.29 bits per heavy atom. The van der Waals surface area contributed by atoms with Crippen LogP contribution in [0.5, 0.6) is 5.75 Å². The zero-order chi connectivity index (χ0) is 20.3. The number of thiazole rings is 1. The summed E-state index contributed by atoms with van der Waals surface area (Å²) in [6.07, 6.45) is -0.730. The van der Waals surface area contributed by atoms with Crippen molar-refractivity contribution in [3.63, 3.8) is 0 Å². The lowest BCUT2D eigenvalue weighted by atomic mass is 10.1. The number of nitrogens with one attached hydrogen (secondary N) is 1. The molecule has 3 aromatic rings. The van der Waals surface area contributed by atoms with Crippen LogP contribution in [0.15, 0.2) is 47.8 Å². The number of benzene rings is 2. The summed E-state index contributed by atoms with van der Waals surface area (Å²) < 4.78 is 5.70. The third-order valence-electron chi connectivity index (χ3n) is 3.92. The molecule has 3 rings (SSSR count). The van der Waals surface area contributed by atoms with Crippen LogP contribution < -0.4 is 10.1 Å². The first-order chi connectivity index (χ1) is 13.3. The van der Waals surface area contributed by atoms with Gasteiger partial charge in [-0.05, 0) is 49.7 Å². The molecule has 0 aliphatic carbocycles. The zero-order valence-corrected chi connectivity index (χ0v) is 16.6. The standard InChI is InChI=1S/C19H16ClN3O4S/c1-11-9-14(20)5-8-17(11)27-12(2)18(24)22-19-21-16(10-28-19)13-3-6-15(7-4-13)23(25)26/h3-10,12H,1-2H3,(H,21,22,24)/t12-/m0/s1. The van der Waals surface area contributed by atoms with Crippen molar-refractivity contribution in [2.24, 2.45) is 0 Å². The molecule has 0 aliphatic rings. The van der Waals surface area contributed by atoms with E-state index in [2.05, 4.69) is 10.3 Å². The second-order valence-corrected chi connectivity index (χ2v) is 7.30. The monoisotopic (exact) mass is 417 g/mol. The van der Waals surface area contributed by atoms with Crippen molar-refractivity contribution in [2.75, 3.05) is 5.32 Å². The zero-order valence-electron chi connectivity index (χ0n) is 15.0. The topological polar surface area (TPSA) is 94.4 Å². The molecule has 0 fully saturated rings. The quantitative estimate of drug-likeness (QED) is 0.445. The summed E-state index contributed by atoms with van der Waals surface area (Å²) in [6, 6.07) is 11.2. The van der Waals surface area contributed by atoms with Crippen LogP contribution in [0.4, 0.5) is 10.8 Å². The van der Waals surface area contributed by atoms with Gasteiger partial charge in [0.2, 0.25) is 0 Å². The molecule has 1 aromatic heterocycles. The summed E-state index contributed by atoms with van der Waals surface area (Å²) in [5, 5.41) is 16.2. The van der Waals surface area contributed by atoms with E-state index < -0.39 is 11.0 Å². The Morgan fingerprint density at radius 3 is 2.64 bits per heavy atom. The second kappa shape index (κ2) is 8.37. The highest BCUT2D eigenvalue weighted by Gasteiger charge is 2.18. The molecular formula is C19H16ClN3O4S. The number of anilines is 1. The molecule has 7 nitrogen and oxygen atoms in total. The van der Waals surface area contributed by atoms with Crippen LogP contribution >= 0.6 is 22.9 Å². The van der Waals surface area contributed by atoms with Crippen LogP contribution in [0.3, 0.4) is 0 Å². The van der Waals surface area contributed by atoms with Gasteiger partial charge >= 0.3 is 0 Å². The van der Waals surface area contributed by atoms with E-state index >= 15 is 0 Å². The molecule has 0 aliphatic heterocycles. The lowest BCUT2D eigenvalue weighted by Gasteiger charge is -2.15. The summed E-state index contributed by atoms with van der Waals surface area (Å²) in [7, 11) is 0. The fourth-order valence-corrected chi connectivity index (χ4v) is 3.36. The van der Waals surface area contributed by atoms with Gasteiger partial charge in [0, 0.05) is 28.1 Å². The van der Waals surface area contributed by atoms with Crippen molar-refractivity contribution in [3.8, 4) is 17.0 Å². The van der Waals surface area contributed by atoms with Crippen LogP contribution in [0.1, 0.15) is 12.5 Å². The van der Waals surface area contributed by atoms with Gasteiger partial charge in [0.05, 0.1) is 10.6 Å². The normalized spacial score (nSPS) is 11.7. The van der Waals surface area contributed by atoms with E-state index in [1.54, 1.807) is 42.6 Å². The van der Waals surface area contributed by atoms with E-state index in [4.69, 9.17) is 16.3 Å². The SMILES string of the molecule is Cc1cc(Cl)ccc1O[C@@H](C)C(=O)Nc1nc(-c2ccc([N+](=O)[O-])cc2)cs1. The van der Waals surface area contributed by atoms with E-state index in [0.717, 1.165) is 11.1 Å². The summed E-state index contributed by atoms with van der Waals surface area (Å²) in [6.45, 7) is 3.50. The van der Waals surface area contributed by atoms with Crippen LogP contribution in [-0.2, 0) is 4.79 Å². The minimum atomic E-state index is -0.730. The fraction of sp³-hybridized carbons (Fsp3) is 0.158. The molecule has 1 amide bonds. The number of carbonyl (C=O) groups is 1. The van der Waals surface area contributed by atoms with E-state index in [1.165, 1.54) is 23.5 Å². The van der Waals surface area contributed by atoms with Crippen LogP contribution in [0.2, 0.25) is 5.02 Å². The van der Waals surface area contributed by atoms with Gasteiger partial charge in [0.25, 0.3) is 11.6 Å². The lowest BCUT2D eigenvalue weighted by molar-refractivity contribution is -0.384. The van der Waals surface area contributed by atoms with E-state index in [-0.39, 0.29) is 11.6 Å². The van der Waals surface area contributed by atoms with Crippen LogP contribution in [-0.4, -0.2) is 21.9 Å². The second-order valence-electron chi connectivity index (χ2n) is 6.00. The number of nitro benzene ring substituents is 1. The maximum Gasteiger partial charge on any atom is 0.269 e. The summed E-state index contributed by atoms with van der Waals surface area (Å²) >= 11 is 7.19. The summed E-state index contributed by atoms with van der Waals surface area (Å²) in [5.41, 5.74) is 2.19. The average Bonchev–Trinajstić information content (AvgIpc) is 3.12. The third-order valence-corrected chi connectivity index (χ3v) is 4.91. The Balaban J connectivity index is 1.65. The molecular weight excluding hydrogens is 402 g/mol. The number of non-ortho nitro benzene ring substituents is 1. The van der Waals surface area contributed by atoms with Crippen molar-refractivity contribution in [1.82, 2.24) is 4.98 Å². The largest absolute Gasteiger partial charge is 0.481 e. The first kappa shape index (κ1) is 19.8. The molecule has 0 bridgehead atoms. The number of ether oxygens (including phenoxy) is 1. The van der Waals surface area contributed by atoms with E-state index in [1.807, 2.05) is 6.92 Å². The molecule has 2 aromatic carbocycles. The van der Waals surface area contributed by atoms with Gasteiger partial charge in [-0.25, -0.2) is 4.98 Å². The molecule has 0 radical (unpaired) electrons. The molecule has 0 saturated heterocycles. The van der Waals surface area contributed by atoms with Crippen LogP contribution in [0, 0.1) is 17.0 Å². The van der Waals surface area contributed by atoms with E-state index in [0.29, 0.717) is 21.6 Å². The first-order valence-electron chi connectivity index (χ1n) is 8.27. The van der Waals surface area contributed by atoms with E-state index in [9.17, 15) is 14.9 Å². The Bertz CT molecular complexity index is 1020. The highest BCUT2D eigenvalue weighted by molar-refractivity contribution is 7.14. The van der Waals surface area contributed by atoms with Crippen LogP contribution in [0.25, 0.3) is 11.3 Å². The molecule has 1 heterocycles. The minimum Gasteiger partial charge on any atom is -0.481 e. The van der Waals surface area contributed by atoms with Gasteiger partial charge in [-0.1, -0.05) is 11.6 Å². The number of nitrogens with zero attached hydrogens (tertiary/aromatic N) is 2.